The predicted octanol–water partition coefficient (Wildman–Crippen LogP) is 0.0456. The van der Waals surface area contributed by atoms with Gasteiger partial charge in [0.15, 0.2) is 0 Å². The third-order valence-electron chi connectivity index (χ3n) is 2.20. The van der Waals surface area contributed by atoms with Gasteiger partial charge >= 0.3 is 0 Å². The topological polar surface area (TPSA) is 54.0 Å². The molecule has 1 fully saturated rings. The Morgan fingerprint density at radius 2 is 2.46 bits per heavy atom. The smallest absolute Gasteiger partial charge is 0.126 e. The van der Waals surface area contributed by atoms with Crippen molar-refractivity contribution in [2.75, 3.05) is 6.54 Å². The number of pyridine rings is 1. The van der Waals surface area contributed by atoms with Crippen molar-refractivity contribution in [1.29, 1.82) is 0 Å². The molecule has 1 aromatic rings. The van der Waals surface area contributed by atoms with E-state index in [1.54, 1.807) is 6.20 Å². The van der Waals surface area contributed by atoms with Crippen LogP contribution in [0.1, 0.15) is 11.7 Å². The lowest BCUT2D eigenvalue weighted by atomic mass is 10.0. The highest BCUT2D eigenvalue weighted by atomic mass is 16.1. The lowest BCUT2D eigenvalue weighted by molar-refractivity contribution is -0.111. The van der Waals surface area contributed by atoms with E-state index in [1.807, 2.05) is 18.2 Å². The van der Waals surface area contributed by atoms with Gasteiger partial charge in [-0.3, -0.25) is 10.4 Å². The molecule has 0 spiro atoms. The third-order valence-corrected chi connectivity index (χ3v) is 2.20. The Morgan fingerprint density at radius 1 is 1.54 bits per heavy atom. The van der Waals surface area contributed by atoms with Gasteiger partial charge in [-0.1, -0.05) is 6.07 Å². The van der Waals surface area contributed by atoms with Crippen LogP contribution in [-0.4, -0.2) is 17.8 Å². The van der Waals surface area contributed by atoms with E-state index < -0.39 is 0 Å². The first kappa shape index (κ1) is 8.34. The van der Waals surface area contributed by atoms with Gasteiger partial charge in [-0.2, -0.15) is 0 Å². The summed E-state index contributed by atoms with van der Waals surface area (Å²) in [5, 5.41) is 0. The summed E-state index contributed by atoms with van der Waals surface area (Å²) < 4.78 is 0. The van der Waals surface area contributed by atoms with Gasteiger partial charge in [-0.05, 0) is 12.1 Å². The van der Waals surface area contributed by atoms with E-state index in [-0.39, 0.29) is 12.0 Å². The van der Waals surface area contributed by atoms with Crippen LogP contribution < -0.4 is 10.9 Å². The number of aromatic nitrogens is 1. The van der Waals surface area contributed by atoms with Crippen molar-refractivity contribution >= 4 is 6.29 Å². The number of nitrogens with one attached hydrogen (secondary N) is 2. The Kier molecular flexibility index (Phi) is 2.33. The Bertz CT molecular complexity index is 288. The fourth-order valence-electron chi connectivity index (χ4n) is 1.49. The van der Waals surface area contributed by atoms with E-state index in [9.17, 15) is 4.79 Å². The summed E-state index contributed by atoms with van der Waals surface area (Å²) in [6, 6.07) is 5.71. The second-order valence-electron chi connectivity index (χ2n) is 3.06. The normalized spacial score (nSPS) is 27.4. The van der Waals surface area contributed by atoms with Crippen LogP contribution in [0.3, 0.4) is 0 Å². The summed E-state index contributed by atoms with van der Waals surface area (Å²) in [6.45, 7) is 0.671. The average molecular weight is 177 g/mol. The molecule has 13 heavy (non-hydrogen) atoms. The molecule has 0 aliphatic carbocycles. The molecule has 1 aliphatic heterocycles. The number of hydrazine groups is 1. The Morgan fingerprint density at radius 3 is 3.15 bits per heavy atom. The predicted molar refractivity (Wildman–Crippen MR) is 47.7 cm³/mol. The highest BCUT2D eigenvalue weighted by Crippen LogP contribution is 2.20. The van der Waals surface area contributed by atoms with Gasteiger partial charge in [0.05, 0.1) is 17.7 Å². The minimum absolute atomic E-state index is 0.0127. The molecule has 0 aromatic carbocycles. The molecule has 2 atom stereocenters. The van der Waals surface area contributed by atoms with Crippen molar-refractivity contribution in [3.05, 3.63) is 30.1 Å². The van der Waals surface area contributed by atoms with Crippen molar-refractivity contribution in [2.45, 2.75) is 6.04 Å². The van der Waals surface area contributed by atoms with E-state index in [4.69, 9.17) is 0 Å². The maximum Gasteiger partial charge on any atom is 0.126 e. The molecule has 1 saturated heterocycles. The summed E-state index contributed by atoms with van der Waals surface area (Å²) in [4.78, 5) is 14.9. The van der Waals surface area contributed by atoms with Crippen LogP contribution in [0.25, 0.3) is 0 Å². The maximum atomic E-state index is 10.7. The fourth-order valence-corrected chi connectivity index (χ4v) is 1.49. The van der Waals surface area contributed by atoms with Gasteiger partial charge in [0.1, 0.15) is 6.29 Å². The Balaban J connectivity index is 2.21. The van der Waals surface area contributed by atoms with Gasteiger partial charge in [-0.15, -0.1) is 0 Å². The zero-order valence-corrected chi connectivity index (χ0v) is 7.10. The van der Waals surface area contributed by atoms with Gasteiger partial charge in [-0.25, -0.2) is 5.43 Å². The van der Waals surface area contributed by atoms with Gasteiger partial charge in [0.25, 0.3) is 0 Å². The van der Waals surface area contributed by atoms with Gasteiger partial charge < -0.3 is 4.79 Å². The Labute approximate surface area is 76.3 Å². The number of rotatable bonds is 2. The van der Waals surface area contributed by atoms with E-state index in [1.165, 1.54) is 0 Å². The van der Waals surface area contributed by atoms with Gasteiger partial charge in [0.2, 0.25) is 0 Å². The molecule has 2 unspecified atom stereocenters. The van der Waals surface area contributed by atoms with E-state index in [0.29, 0.717) is 6.54 Å². The zero-order chi connectivity index (χ0) is 9.10. The number of aldehydes is 1. The monoisotopic (exact) mass is 177 g/mol. The van der Waals surface area contributed by atoms with Crippen LogP contribution in [0.15, 0.2) is 24.4 Å². The molecule has 0 radical (unpaired) electrons. The molecule has 4 nitrogen and oxygen atoms in total. The molecule has 2 rings (SSSR count). The average Bonchev–Trinajstić information content (AvgIpc) is 2.67. The first-order chi connectivity index (χ1) is 6.42. The number of hydrogen-bond donors (Lipinski definition) is 2. The second-order valence-corrected chi connectivity index (χ2v) is 3.06. The van der Waals surface area contributed by atoms with Crippen LogP contribution in [-0.2, 0) is 4.79 Å². The molecular formula is C9H11N3O. The van der Waals surface area contributed by atoms with Crippen molar-refractivity contribution in [3.63, 3.8) is 0 Å². The second kappa shape index (κ2) is 3.64. The lowest BCUT2D eigenvalue weighted by Gasteiger charge is -2.11. The first-order valence-electron chi connectivity index (χ1n) is 4.26. The van der Waals surface area contributed by atoms with Crippen LogP contribution in [0.2, 0.25) is 0 Å². The molecule has 2 N–H and O–H groups in total. The molecule has 0 amide bonds. The summed E-state index contributed by atoms with van der Waals surface area (Å²) in [5.74, 6) is -0.0186. The maximum absolute atomic E-state index is 10.7. The molecule has 0 bridgehead atoms. The van der Waals surface area contributed by atoms with Crippen molar-refractivity contribution in [3.8, 4) is 0 Å². The van der Waals surface area contributed by atoms with Gasteiger partial charge in [0, 0.05) is 12.7 Å². The summed E-state index contributed by atoms with van der Waals surface area (Å²) in [6.07, 6.45) is 2.70. The standard InChI is InChI=1S/C9H11N3O/c13-6-7-5-11-12-9(7)8-3-1-2-4-10-8/h1-4,6-7,9,11-12H,5H2. The highest BCUT2D eigenvalue weighted by molar-refractivity contribution is 5.56. The number of carbonyl (C=O) groups is 1. The number of hydrogen-bond acceptors (Lipinski definition) is 4. The van der Waals surface area contributed by atoms with E-state index in [0.717, 1.165) is 12.0 Å². The molecule has 2 heterocycles. The SMILES string of the molecule is O=CC1CNNC1c1ccccn1. The first-order valence-corrected chi connectivity index (χ1v) is 4.26. The summed E-state index contributed by atoms with van der Waals surface area (Å²) >= 11 is 0. The molecule has 1 aromatic heterocycles. The number of carbonyl (C=O) groups excluding carboxylic acids is 1. The zero-order valence-electron chi connectivity index (χ0n) is 7.10. The largest absolute Gasteiger partial charge is 0.303 e. The molecule has 1 aliphatic rings. The minimum Gasteiger partial charge on any atom is -0.303 e. The highest BCUT2D eigenvalue weighted by Gasteiger charge is 2.28. The van der Waals surface area contributed by atoms with Crippen molar-refractivity contribution < 1.29 is 4.79 Å². The van der Waals surface area contributed by atoms with Crippen molar-refractivity contribution in [1.82, 2.24) is 15.8 Å². The Hall–Kier alpha value is -1.26. The van der Waals surface area contributed by atoms with E-state index in [2.05, 4.69) is 15.8 Å². The summed E-state index contributed by atoms with van der Waals surface area (Å²) in [5.41, 5.74) is 6.89. The van der Waals surface area contributed by atoms with Crippen molar-refractivity contribution in [2.24, 2.45) is 5.92 Å². The van der Waals surface area contributed by atoms with Crippen LogP contribution in [0.4, 0.5) is 0 Å². The molecule has 0 saturated carbocycles. The minimum atomic E-state index is -0.0186. The molecule has 68 valence electrons. The number of nitrogens with zero attached hydrogens (tertiary/aromatic N) is 1. The molecule has 4 heteroatoms. The van der Waals surface area contributed by atoms with E-state index >= 15 is 0 Å². The fraction of sp³-hybridized carbons (Fsp3) is 0.333. The summed E-state index contributed by atoms with van der Waals surface area (Å²) in [7, 11) is 0. The van der Waals surface area contributed by atoms with Crippen LogP contribution >= 0.6 is 0 Å². The lowest BCUT2D eigenvalue weighted by Crippen LogP contribution is -2.25. The third kappa shape index (κ3) is 1.59. The van der Waals surface area contributed by atoms with Crippen LogP contribution in [0, 0.1) is 5.92 Å². The van der Waals surface area contributed by atoms with Crippen LogP contribution in [0.5, 0.6) is 0 Å². The molecular weight excluding hydrogens is 166 g/mol. The quantitative estimate of drug-likeness (QED) is 0.626.